The Morgan fingerprint density at radius 3 is 2.36 bits per heavy atom. The predicted molar refractivity (Wildman–Crippen MR) is 97.1 cm³/mol. The maximum Gasteiger partial charge on any atom is 0.141 e. The number of furan rings is 1. The summed E-state index contributed by atoms with van der Waals surface area (Å²) in [6.45, 7) is 0. The molecule has 0 aliphatic heterocycles. The van der Waals surface area contributed by atoms with Crippen molar-refractivity contribution in [2.45, 2.75) is 6.10 Å². The molecule has 1 heterocycles. The monoisotopic (exact) mass is 352 g/mol. The fraction of sp³-hybridized carbons (Fsp3) is 0.0476. The van der Waals surface area contributed by atoms with Crippen LogP contribution in [0.1, 0.15) is 17.2 Å². The van der Waals surface area contributed by atoms with Gasteiger partial charge in [-0.3, -0.25) is 0 Å². The van der Waals surface area contributed by atoms with Crippen LogP contribution in [0.4, 0.5) is 4.39 Å². The number of hydrogen-bond acceptors (Lipinski definition) is 2. The lowest BCUT2D eigenvalue weighted by molar-refractivity contribution is 0.221. The molecule has 2 nitrogen and oxygen atoms in total. The van der Waals surface area contributed by atoms with Gasteiger partial charge in [0.1, 0.15) is 23.3 Å². The van der Waals surface area contributed by atoms with Crippen LogP contribution in [0.5, 0.6) is 0 Å². The smallest absolute Gasteiger partial charge is 0.141 e. The van der Waals surface area contributed by atoms with Crippen LogP contribution < -0.4 is 0 Å². The summed E-state index contributed by atoms with van der Waals surface area (Å²) in [7, 11) is 0. The van der Waals surface area contributed by atoms with Crippen molar-refractivity contribution in [3.05, 3.63) is 94.8 Å². The zero-order chi connectivity index (χ0) is 17.4. The first-order valence-electron chi connectivity index (χ1n) is 7.84. The number of aliphatic hydroxyl groups excluding tert-OH is 1. The molecule has 0 radical (unpaired) electrons. The standard InChI is InChI=1S/C21H14ClFO2/c22-15-8-6-13(7-9-15)20(24)19-17-12-16(23)10-11-18(17)25-21(19)14-4-2-1-3-5-14/h1-12,20,24H. The lowest BCUT2D eigenvalue weighted by Crippen LogP contribution is -2.00. The van der Waals surface area contributed by atoms with E-state index in [4.69, 9.17) is 16.0 Å². The summed E-state index contributed by atoms with van der Waals surface area (Å²) in [5, 5.41) is 12.1. The van der Waals surface area contributed by atoms with Crippen LogP contribution in [0, 0.1) is 5.82 Å². The van der Waals surface area contributed by atoms with Gasteiger partial charge in [0, 0.05) is 21.5 Å². The topological polar surface area (TPSA) is 33.4 Å². The molecule has 4 aromatic rings. The van der Waals surface area contributed by atoms with Crippen LogP contribution in [0.25, 0.3) is 22.3 Å². The lowest BCUT2D eigenvalue weighted by Gasteiger charge is -2.12. The zero-order valence-electron chi connectivity index (χ0n) is 13.1. The second kappa shape index (κ2) is 6.36. The Kier molecular flexibility index (Phi) is 4.04. The van der Waals surface area contributed by atoms with Crippen molar-refractivity contribution < 1.29 is 13.9 Å². The fourth-order valence-electron chi connectivity index (χ4n) is 2.98. The minimum Gasteiger partial charge on any atom is -0.456 e. The van der Waals surface area contributed by atoms with Gasteiger partial charge in [-0.15, -0.1) is 0 Å². The largest absolute Gasteiger partial charge is 0.456 e. The second-order valence-electron chi connectivity index (χ2n) is 5.81. The Bertz CT molecular complexity index is 1020. The van der Waals surface area contributed by atoms with Crippen LogP contribution >= 0.6 is 11.6 Å². The number of fused-ring (bicyclic) bond motifs is 1. The molecule has 25 heavy (non-hydrogen) atoms. The van der Waals surface area contributed by atoms with Gasteiger partial charge in [0.25, 0.3) is 0 Å². The van der Waals surface area contributed by atoms with Crippen LogP contribution in [0.15, 0.2) is 77.2 Å². The van der Waals surface area contributed by atoms with Crippen LogP contribution in [0.2, 0.25) is 5.02 Å². The maximum absolute atomic E-state index is 13.8. The Labute approximate surface area is 149 Å². The number of rotatable bonds is 3. The second-order valence-corrected chi connectivity index (χ2v) is 6.24. The third kappa shape index (κ3) is 2.93. The summed E-state index contributed by atoms with van der Waals surface area (Å²) < 4.78 is 19.8. The lowest BCUT2D eigenvalue weighted by atomic mass is 9.96. The average Bonchev–Trinajstić information content (AvgIpc) is 3.01. The highest BCUT2D eigenvalue weighted by atomic mass is 35.5. The summed E-state index contributed by atoms with van der Waals surface area (Å²) in [4.78, 5) is 0. The van der Waals surface area contributed by atoms with E-state index in [1.807, 2.05) is 30.3 Å². The summed E-state index contributed by atoms with van der Waals surface area (Å²) >= 11 is 5.93. The first kappa shape index (κ1) is 15.9. The molecule has 1 aromatic heterocycles. The molecule has 1 N–H and O–H groups in total. The van der Waals surface area contributed by atoms with Crippen LogP contribution in [-0.2, 0) is 0 Å². The summed E-state index contributed by atoms with van der Waals surface area (Å²) in [5.41, 5.74) is 2.56. The minimum absolute atomic E-state index is 0.377. The molecule has 4 rings (SSSR count). The van der Waals surface area contributed by atoms with Gasteiger partial charge in [-0.1, -0.05) is 54.1 Å². The molecule has 0 bridgehead atoms. The van der Waals surface area contributed by atoms with Crippen molar-refractivity contribution in [2.75, 3.05) is 0 Å². The highest BCUT2D eigenvalue weighted by Crippen LogP contribution is 2.40. The van der Waals surface area contributed by atoms with Gasteiger partial charge < -0.3 is 9.52 Å². The first-order valence-corrected chi connectivity index (χ1v) is 8.22. The molecule has 1 unspecified atom stereocenters. The number of aliphatic hydroxyl groups is 1. The van der Waals surface area contributed by atoms with E-state index in [0.717, 1.165) is 5.56 Å². The third-order valence-corrected chi connectivity index (χ3v) is 4.44. The molecule has 0 spiro atoms. The molecular weight excluding hydrogens is 339 g/mol. The van der Waals surface area contributed by atoms with E-state index in [1.54, 1.807) is 30.3 Å². The van der Waals surface area contributed by atoms with Crippen molar-refractivity contribution >= 4 is 22.6 Å². The molecule has 0 saturated heterocycles. The molecule has 0 aliphatic rings. The van der Waals surface area contributed by atoms with Crippen molar-refractivity contribution in [1.82, 2.24) is 0 Å². The third-order valence-electron chi connectivity index (χ3n) is 4.18. The number of hydrogen-bond donors (Lipinski definition) is 1. The maximum atomic E-state index is 13.8. The first-order chi connectivity index (χ1) is 12.1. The molecule has 0 fully saturated rings. The van der Waals surface area contributed by atoms with E-state index in [0.29, 0.717) is 32.9 Å². The quantitative estimate of drug-likeness (QED) is 0.492. The van der Waals surface area contributed by atoms with Crippen molar-refractivity contribution in [2.24, 2.45) is 0 Å². The highest BCUT2D eigenvalue weighted by Gasteiger charge is 2.24. The highest BCUT2D eigenvalue weighted by molar-refractivity contribution is 6.30. The van der Waals surface area contributed by atoms with Gasteiger partial charge in [-0.05, 0) is 35.9 Å². The predicted octanol–water partition coefficient (Wildman–Crippen LogP) is 5.97. The van der Waals surface area contributed by atoms with Crippen LogP contribution in [-0.4, -0.2) is 5.11 Å². The Morgan fingerprint density at radius 1 is 0.920 bits per heavy atom. The average molecular weight is 353 g/mol. The number of benzene rings is 3. The molecular formula is C21H14ClFO2. The SMILES string of the molecule is OC(c1ccc(Cl)cc1)c1c(-c2ccccc2)oc2ccc(F)cc12. The van der Waals surface area contributed by atoms with Gasteiger partial charge in [-0.2, -0.15) is 0 Å². The van der Waals surface area contributed by atoms with Crippen molar-refractivity contribution in [1.29, 1.82) is 0 Å². The molecule has 124 valence electrons. The van der Waals surface area contributed by atoms with E-state index < -0.39 is 6.10 Å². The Hall–Kier alpha value is -2.62. The zero-order valence-corrected chi connectivity index (χ0v) is 13.9. The summed E-state index contributed by atoms with van der Waals surface area (Å²) in [6, 6.07) is 20.7. The Balaban J connectivity index is 1.96. The van der Waals surface area contributed by atoms with E-state index in [-0.39, 0.29) is 5.82 Å². The molecule has 0 aliphatic carbocycles. The van der Waals surface area contributed by atoms with E-state index in [2.05, 4.69) is 0 Å². The molecule has 0 saturated carbocycles. The van der Waals surface area contributed by atoms with Gasteiger partial charge in [0.15, 0.2) is 0 Å². The van der Waals surface area contributed by atoms with Crippen molar-refractivity contribution in [3.8, 4) is 11.3 Å². The van der Waals surface area contributed by atoms with E-state index >= 15 is 0 Å². The van der Waals surface area contributed by atoms with E-state index in [1.165, 1.54) is 12.1 Å². The fourth-order valence-corrected chi connectivity index (χ4v) is 3.10. The normalized spacial score (nSPS) is 12.4. The van der Waals surface area contributed by atoms with Crippen molar-refractivity contribution in [3.63, 3.8) is 0 Å². The van der Waals surface area contributed by atoms with Gasteiger partial charge in [0.05, 0.1) is 0 Å². The Morgan fingerprint density at radius 2 is 1.64 bits per heavy atom. The summed E-state index contributed by atoms with van der Waals surface area (Å²) in [6.07, 6.45) is -0.962. The molecule has 0 amide bonds. The van der Waals surface area contributed by atoms with Gasteiger partial charge >= 0.3 is 0 Å². The molecule has 1 atom stereocenters. The van der Waals surface area contributed by atoms with Gasteiger partial charge in [-0.25, -0.2) is 4.39 Å². The minimum atomic E-state index is -0.962. The summed E-state index contributed by atoms with van der Waals surface area (Å²) in [5.74, 6) is 0.154. The van der Waals surface area contributed by atoms with Gasteiger partial charge in [0.2, 0.25) is 0 Å². The molecule has 3 aromatic carbocycles. The molecule has 4 heteroatoms. The van der Waals surface area contributed by atoms with Crippen LogP contribution in [0.3, 0.4) is 0 Å². The number of halogens is 2. The van der Waals surface area contributed by atoms with E-state index in [9.17, 15) is 9.50 Å².